The number of hydrogen-bond acceptors (Lipinski definition) is 4. The van der Waals surface area contributed by atoms with Crippen molar-refractivity contribution in [3.63, 3.8) is 0 Å². The van der Waals surface area contributed by atoms with Gasteiger partial charge in [-0.2, -0.15) is 0 Å². The molecule has 0 unspecified atom stereocenters. The summed E-state index contributed by atoms with van der Waals surface area (Å²) < 4.78 is 0. The molecule has 1 aromatic carbocycles. The van der Waals surface area contributed by atoms with Gasteiger partial charge in [-0.15, -0.1) is 23.5 Å². The molecule has 0 aliphatic heterocycles. The van der Waals surface area contributed by atoms with E-state index in [-0.39, 0.29) is 0 Å². The Balaban J connectivity index is 0. The first-order valence-electron chi connectivity index (χ1n) is 4.61. The monoisotopic (exact) mass is 246 g/mol. The molecular weight excluding hydrogens is 224 g/mol. The van der Waals surface area contributed by atoms with Gasteiger partial charge in [-0.3, -0.25) is 0 Å². The standard InChI is InChI=1S/C9H12S2.2CH5N/c1-7-4-8(10-2)6-9(5-7)11-3;2*1-2/h4-6H,1-3H3;2*2H2,1H3. The Morgan fingerprint density at radius 3 is 1.40 bits per heavy atom. The molecule has 15 heavy (non-hydrogen) atoms. The molecule has 0 spiro atoms. The van der Waals surface area contributed by atoms with E-state index in [9.17, 15) is 0 Å². The predicted octanol–water partition coefficient (Wildman–Crippen LogP) is 2.59. The minimum Gasteiger partial charge on any atom is -0.333 e. The largest absolute Gasteiger partial charge is 0.333 e. The summed E-state index contributed by atoms with van der Waals surface area (Å²) in [7, 11) is 3.00. The van der Waals surface area contributed by atoms with Gasteiger partial charge < -0.3 is 11.5 Å². The lowest BCUT2D eigenvalue weighted by Gasteiger charge is -2.01. The van der Waals surface area contributed by atoms with Crippen LogP contribution >= 0.6 is 23.5 Å². The van der Waals surface area contributed by atoms with E-state index < -0.39 is 0 Å². The van der Waals surface area contributed by atoms with Crippen LogP contribution in [0.25, 0.3) is 0 Å². The molecular formula is C11H22N2S2. The molecule has 0 saturated heterocycles. The highest BCUT2D eigenvalue weighted by Gasteiger charge is 1.95. The van der Waals surface area contributed by atoms with Crippen LogP contribution in [0.2, 0.25) is 0 Å². The van der Waals surface area contributed by atoms with E-state index in [2.05, 4.69) is 49.1 Å². The van der Waals surface area contributed by atoms with Gasteiger partial charge in [0.05, 0.1) is 0 Å². The van der Waals surface area contributed by atoms with Crippen molar-refractivity contribution in [1.29, 1.82) is 0 Å². The maximum atomic E-state index is 4.50. The highest BCUT2D eigenvalue weighted by molar-refractivity contribution is 7.99. The van der Waals surface area contributed by atoms with Crippen molar-refractivity contribution in [2.75, 3.05) is 26.6 Å². The van der Waals surface area contributed by atoms with Crippen LogP contribution < -0.4 is 11.5 Å². The third-order valence-electron chi connectivity index (χ3n) is 1.50. The average molecular weight is 246 g/mol. The summed E-state index contributed by atoms with van der Waals surface area (Å²) in [4.78, 5) is 2.71. The van der Waals surface area contributed by atoms with Crippen LogP contribution in [0.4, 0.5) is 0 Å². The molecule has 0 aliphatic carbocycles. The zero-order valence-corrected chi connectivity index (χ0v) is 11.8. The van der Waals surface area contributed by atoms with Crippen molar-refractivity contribution >= 4 is 23.5 Å². The second-order valence-corrected chi connectivity index (χ2v) is 4.15. The molecule has 0 heterocycles. The van der Waals surface area contributed by atoms with E-state index in [0.29, 0.717) is 0 Å². The minimum atomic E-state index is 1.35. The number of aryl methyl sites for hydroxylation is 1. The van der Waals surface area contributed by atoms with Crippen molar-refractivity contribution in [3.05, 3.63) is 23.8 Å². The molecule has 0 radical (unpaired) electrons. The quantitative estimate of drug-likeness (QED) is 0.788. The van der Waals surface area contributed by atoms with Crippen LogP contribution in [0.5, 0.6) is 0 Å². The highest BCUT2D eigenvalue weighted by Crippen LogP contribution is 2.23. The molecule has 4 N–H and O–H groups in total. The molecule has 1 aromatic rings. The lowest BCUT2D eigenvalue weighted by atomic mass is 10.2. The fourth-order valence-electron chi connectivity index (χ4n) is 0.950. The summed E-state index contributed by atoms with van der Waals surface area (Å²) in [6.07, 6.45) is 4.22. The molecule has 1 rings (SSSR count). The summed E-state index contributed by atoms with van der Waals surface area (Å²) in [6, 6.07) is 6.65. The highest BCUT2D eigenvalue weighted by atomic mass is 32.2. The van der Waals surface area contributed by atoms with E-state index >= 15 is 0 Å². The Morgan fingerprint density at radius 2 is 1.13 bits per heavy atom. The molecule has 88 valence electrons. The summed E-state index contributed by atoms with van der Waals surface area (Å²) in [5, 5.41) is 0. The lowest BCUT2D eigenvalue weighted by Crippen LogP contribution is -1.77. The minimum absolute atomic E-state index is 1.35. The Morgan fingerprint density at radius 1 is 0.800 bits per heavy atom. The van der Waals surface area contributed by atoms with Crippen molar-refractivity contribution in [2.45, 2.75) is 16.7 Å². The van der Waals surface area contributed by atoms with Gasteiger partial charge in [0, 0.05) is 9.79 Å². The Kier molecular flexibility index (Phi) is 13.7. The first kappa shape index (κ1) is 17.2. The van der Waals surface area contributed by atoms with Crippen LogP contribution in [-0.4, -0.2) is 26.6 Å². The van der Waals surface area contributed by atoms with Crippen molar-refractivity contribution < 1.29 is 0 Å². The molecule has 0 amide bonds. The zero-order chi connectivity index (χ0) is 12.3. The lowest BCUT2D eigenvalue weighted by molar-refractivity contribution is 1.27. The van der Waals surface area contributed by atoms with Gasteiger partial charge in [-0.25, -0.2) is 0 Å². The number of thioether (sulfide) groups is 2. The molecule has 0 bridgehead atoms. The third-order valence-corrected chi connectivity index (χ3v) is 2.91. The van der Waals surface area contributed by atoms with E-state index in [1.54, 1.807) is 23.5 Å². The maximum absolute atomic E-state index is 4.50. The molecule has 0 aromatic heterocycles. The molecule has 0 atom stereocenters. The molecule has 0 saturated carbocycles. The van der Waals surface area contributed by atoms with Gasteiger partial charge in [0.15, 0.2) is 0 Å². The topological polar surface area (TPSA) is 52.0 Å². The van der Waals surface area contributed by atoms with Crippen molar-refractivity contribution in [1.82, 2.24) is 0 Å². The van der Waals surface area contributed by atoms with Crippen LogP contribution in [0.1, 0.15) is 5.56 Å². The summed E-state index contributed by atoms with van der Waals surface area (Å²) >= 11 is 3.60. The number of rotatable bonds is 2. The van der Waals surface area contributed by atoms with Gasteiger partial charge in [0.1, 0.15) is 0 Å². The Hall–Kier alpha value is -0.160. The molecule has 4 heteroatoms. The SMILES string of the molecule is CN.CN.CSc1cc(C)cc(SC)c1. The molecule has 0 aliphatic rings. The van der Waals surface area contributed by atoms with Gasteiger partial charge in [-0.1, -0.05) is 0 Å². The van der Waals surface area contributed by atoms with E-state index in [1.165, 1.54) is 29.4 Å². The van der Waals surface area contributed by atoms with Gasteiger partial charge in [-0.05, 0) is 57.3 Å². The van der Waals surface area contributed by atoms with E-state index in [4.69, 9.17) is 0 Å². The average Bonchev–Trinajstić information content (AvgIpc) is 2.33. The number of benzene rings is 1. The van der Waals surface area contributed by atoms with E-state index in [1.807, 2.05) is 0 Å². The molecule has 0 fully saturated rings. The van der Waals surface area contributed by atoms with Crippen LogP contribution in [0.15, 0.2) is 28.0 Å². The summed E-state index contributed by atoms with van der Waals surface area (Å²) in [5.74, 6) is 0. The predicted molar refractivity (Wildman–Crippen MR) is 75.0 cm³/mol. The Bertz CT molecular complexity index is 230. The van der Waals surface area contributed by atoms with E-state index in [0.717, 1.165) is 0 Å². The van der Waals surface area contributed by atoms with Gasteiger partial charge >= 0.3 is 0 Å². The third kappa shape index (κ3) is 7.73. The normalized spacial score (nSPS) is 8.20. The van der Waals surface area contributed by atoms with Crippen molar-refractivity contribution in [3.8, 4) is 0 Å². The van der Waals surface area contributed by atoms with Crippen LogP contribution in [0, 0.1) is 6.92 Å². The summed E-state index contributed by atoms with van der Waals surface area (Å²) in [5.41, 5.74) is 10.3. The second-order valence-electron chi connectivity index (χ2n) is 2.39. The first-order valence-corrected chi connectivity index (χ1v) is 7.06. The van der Waals surface area contributed by atoms with Gasteiger partial charge in [0.2, 0.25) is 0 Å². The number of nitrogens with two attached hydrogens (primary N) is 2. The van der Waals surface area contributed by atoms with Crippen molar-refractivity contribution in [2.24, 2.45) is 11.5 Å². The fraction of sp³-hybridized carbons (Fsp3) is 0.455. The van der Waals surface area contributed by atoms with Gasteiger partial charge in [0.25, 0.3) is 0 Å². The smallest absolute Gasteiger partial charge is 0.00828 e. The summed E-state index contributed by atoms with van der Waals surface area (Å²) in [6.45, 7) is 2.14. The molecule has 2 nitrogen and oxygen atoms in total. The maximum Gasteiger partial charge on any atom is 0.00828 e. The second kappa shape index (κ2) is 11.9. The zero-order valence-electron chi connectivity index (χ0n) is 10.2. The fourth-order valence-corrected chi connectivity index (χ4v) is 2.12. The first-order chi connectivity index (χ1) is 7.26. The Labute approximate surface area is 102 Å². The van der Waals surface area contributed by atoms with Crippen LogP contribution in [0.3, 0.4) is 0 Å². The van der Waals surface area contributed by atoms with Crippen LogP contribution in [-0.2, 0) is 0 Å². The number of hydrogen-bond donors (Lipinski definition) is 2.